The van der Waals surface area contributed by atoms with E-state index in [2.05, 4.69) is 5.10 Å². The molecular formula is C7H9N3O3. The van der Waals surface area contributed by atoms with Crippen LogP contribution in [0.1, 0.15) is 12.5 Å². The van der Waals surface area contributed by atoms with E-state index in [0.717, 1.165) is 0 Å². The van der Waals surface area contributed by atoms with Gasteiger partial charge in [-0.05, 0) is 18.8 Å². The summed E-state index contributed by atoms with van der Waals surface area (Å²) in [6.07, 6.45) is 1.49. The van der Waals surface area contributed by atoms with Crippen LogP contribution in [0.3, 0.4) is 0 Å². The topological polar surface area (TPSA) is 78.0 Å². The molecule has 6 heteroatoms. The summed E-state index contributed by atoms with van der Waals surface area (Å²) in [7, 11) is 0. The van der Waals surface area contributed by atoms with Crippen LogP contribution in [0.25, 0.3) is 0 Å². The molecule has 70 valence electrons. The van der Waals surface area contributed by atoms with E-state index < -0.39 is 4.92 Å². The Morgan fingerprint density at radius 3 is 2.77 bits per heavy atom. The molecule has 0 unspecified atom stereocenters. The maximum atomic E-state index is 10.7. The Bertz CT molecular complexity index is 356. The summed E-state index contributed by atoms with van der Waals surface area (Å²) in [6, 6.07) is 0. The zero-order chi connectivity index (χ0) is 10.0. The summed E-state index contributed by atoms with van der Waals surface area (Å²) in [6.45, 7) is 3.07. The quantitative estimate of drug-likeness (QED) is 0.510. The number of nitro groups is 1. The van der Waals surface area contributed by atoms with E-state index in [1.54, 1.807) is 6.92 Å². The molecule has 0 saturated carbocycles. The number of hydrogen-bond acceptors (Lipinski definition) is 4. The number of hydrogen-bond donors (Lipinski definition) is 0. The van der Waals surface area contributed by atoms with Gasteiger partial charge in [-0.1, -0.05) is 0 Å². The van der Waals surface area contributed by atoms with E-state index >= 15 is 0 Å². The van der Waals surface area contributed by atoms with Gasteiger partial charge in [0.2, 0.25) is 0 Å². The lowest BCUT2D eigenvalue weighted by atomic mass is 10.4. The Morgan fingerprint density at radius 2 is 2.38 bits per heavy atom. The molecule has 13 heavy (non-hydrogen) atoms. The van der Waals surface area contributed by atoms with Gasteiger partial charge in [0.15, 0.2) is 5.78 Å². The summed E-state index contributed by atoms with van der Waals surface area (Å²) < 4.78 is 1.27. The van der Waals surface area contributed by atoms with Crippen LogP contribution in [0.5, 0.6) is 0 Å². The Balaban J connectivity index is 2.95. The Kier molecular flexibility index (Phi) is 2.41. The van der Waals surface area contributed by atoms with E-state index in [-0.39, 0.29) is 18.1 Å². The maximum absolute atomic E-state index is 10.7. The zero-order valence-electron chi connectivity index (χ0n) is 7.35. The fourth-order valence-electron chi connectivity index (χ4n) is 1.00. The monoisotopic (exact) mass is 183 g/mol. The molecule has 0 aliphatic carbocycles. The predicted octanol–water partition coefficient (Wildman–Crippen LogP) is 0.689. The van der Waals surface area contributed by atoms with Crippen LogP contribution in [0.4, 0.5) is 5.82 Å². The first kappa shape index (κ1) is 9.37. The molecule has 0 aliphatic heterocycles. The van der Waals surface area contributed by atoms with Crippen LogP contribution in [0, 0.1) is 17.0 Å². The minimum absolute atomic E-state index is 0.0781. The molecule has 0 aromatic carbocycles. The van der Waals surface area contributed by atoms with Crippen molar-refractivity contribution < 1.29 is 9.72 Å². The minimum atomic E-state index is -0.564. The third kappa shape index (κ3) is 2.11. The molecule has 1 aromatic rings. The average molecular weight is 183 g/mol. The van der Waals surface area contributed by atoms with Crippen LogP contribution in [-0.2, 0) is 11.3 Å². The van der Waals surface area contributed by atoms with E-state index in [9.17, 15) is 14.9 Å². The van der Waals surface area contributed by atoms with Crippen LogP contribution < -0.4 is 0 Å². The minimum Gasteiger partial charge on any atom is -0.358 e. The summed E-state index contributed by atoms with van der Waals surface area (Å²) >= 11 is 0. The smallest absolute Gasteiger partial charge is 0.358 e. The molecule has 0 spiro atoms. The fraction of sp³-hybridized carbons (Fsp3) is 0.429. The van der Waals surface area contributed by atoms with Crippen LogP contribution in [0.2, 0.25) is 0 Å². The lowest BCUT2D eigenvalue weighted by molar-refractivity contribution is -0.390. The normalized spacial score (nSPS) is 10.0. The highest BCUT2D eigenvalue weighted by atomic mass is 16.6. The number of carbonyl (C=O) groups excluding carboxylic acids is 1. The number of ketones is 1. The number of nitrogens with zero attached hydrogens (tertiary/aromatic N) is 3. The highest BCUT2D eigenvalue weighted by Gasteiger charge is 2.17. The largest absolute Gasteiger partial charge is 0.392 e. The molecule has 1 aromatic heterocycles. The molecule has 1 heterocycles. The number of aromatic nitrogens is 2. The van der Waals surface area contributed by atoms with Gasteiger partial charge in [0.25, 0.3) is 0 Å². The van der Waals surface area contributed by atoms with Crippen molar-refractivity contribution in [3.8, 4) is 0 Å². The first-order valence-corrected chi connectivity index (χ1v) is 3.68. The lowest BCUT2D eigenvalue weighted by Crippen LogP contribution is -2.06. The van der Waals surface area contributed by atoms with E-state index in [0.29, 0.717) is 5.56 Å². The van der Waals surface area contributed by atoms with Crippen molar-refractivity contribution in [1.29, 1.82) is 0 Å². The van der Waals surface area contributed by atoms with Crippen molar-refractivity contribution >= 4 is 11.6 Å². The predicted molar refractivity (Wildman–Crippen MR) is 44.3 cm³/mol. The molecule has 6 nitrogen and oxygen atoms in total. The molecule has 0 N–H and O–H groups in total. The van der Waals surface area contributed by atoms with Crippen LogP contribution in [0.15, 0.2) is 6.20 Å². The van der Waals surface area contributed by atoms with E-state index in [1.165, 1.54) is 17.8 Å². The van der Waals surface area contributed by atoms with Gasteiger partial charge < -0.3 is 10.1 Å². The molecule has 0 atom stereocenters. The summed E-state index contributed by atoms with van der Waals surface area (Å²) in [5.41, 5.74) is 0.464. The fourth-order valence-corrected chi connectivity index (χ4v) is 1.00. The molecule has 0 bridgehead atoms. The summed E-state index contributed by atoms with van der Waals surface area (Å²) in [5.74, 6) is -0.279. The second-order valence-corrected chi connectivity index (χ2v) is 2.79. The van der Waals surface area contributed by atoms with Gasteiger partial charge in [-0.25, -0.2) is 0 Å². The Morgan fingerprint density at radius 1 is 1.77 bits per heavy atom. The summed E-state index contributed by atoms with van der Waals surface area (Å²) in [4.78, 5) is 20.5. The van der Waals surface area contributed by atoms with Gasteiger partial charge in [0, 0.05) is 0 Å². The standard InChI is InChI=1S/C7H9N3O3/c1-5-3-9(4-6(2)11)8-7(5)10(12)13/h3H,4H2,1-2H3. The van der Waals surface area contributed by atoms with Gasteiger partial charge in [0.05, 0.1) is 16.9 Å². The van der Waals surface area contributed by atoms with Crippen molar-refractivity contribution in [3.05, 3.63) is 21.9 Å². The molecule has 0 amide bonds. The first-order valence-electron chi connectivity index (χ1n) is 3.68. The number of rotatable bonds is 3. The number of Topliss-reactive ketones (excluding diaryl/α,β-unsaturated/α-hetero) is 1. The molecule has 0 fully saturated rings. The van der Waals surface area contributed by atoms with E-state index in [4.69, 9.17) is 0 Å². The molecule has 0 saturated heterocycles. The molecule has 0 aliphatic rings. The molecular weight excluding hydrogens is 174 g/mol. The number of aryl methyl sites for hydroxylation is 1. The van der Waals surface area contributed by atoms with E-state index in [1.807, 2.05) is 0 Å². The van der Waals surface area contributed by atoms with Crippen molar-refractivity contribution in [2.75, 3.05) is 0 Å². The highest BCUT2D eigenvalue weighted by molar-refractivity contribution is 5.75. The highest BCUT2D eigenvalue weighted by Crippen LogP contribution is 2.13. The van der Waals surface area contributed by atoms with Gasteiger partial charge in [-0.15, -0.1) is 0 Å². The van der Waals surface area contributed by atoms with Crippen molar-refractivity contribution in [1.82, 2.24) is 9.78 Å². The third-order valence-electron chi connectivity index (χ3n) is 1.48. The van der Waals surface area contributed by atoms with Gasteiger partial charge in [0.1, 0.15) is 6.54 Å². The second kappa shape index (κ2) is 3.34. The van der Waals surface area contributed by atoms with Gasteiger partial charge in [-0.3, -0.25) is 4.79 Å². The summed E-state index contributed by atoms with van der Waals surface area (Å²) in [5, 5.41) is 14.0. The third-order valence-corrected chi connectivity index (χ3v) is 1.48. The maximum Gasteiger partial charge on any atom is 0.392 e. The Hall–Kier alpha value is -1.72. The van der Waals surface area contributed by atoms with Crippen LogP contribution >= 0.6 is 0 Å². The Labute approximate surface area is 74.3 Å². The second-order valence-electron chi connectivity index (χ2n) is 2.79. The van der Waals surface area contributed by atoms with Crippen molar-refractivity contribution in [2.24, 2.45) is 0 Å². The van der Waals surface area contributed by atoms with Crippen molar-refractivity contribution in [3.63, 3.8) is 0 Å². The van der Waals surface area contributed by atoms with Crippen molar-refractivity contribution in [2.45, 2.75) is 20.4 Å². The van der Waals surface area contributed by atoms with Gasteiger partial charge >= 0.3 is 5.82 Å². The van der Waals surface area contributed by atoms with Crippen LogP contribution in [-0.4, -0.2) is 20.5 Å². The SMILES string of the molecule is CC(=O)Cn1cc(C)c([N+](=O)[O-])n1. The number of carbonyl (C=O) groups is 1. The first-order chi connectivity index (χ1) is 6.00. The molecule has 0 radical (unpaired) electrons. The zero-order valence-corrected chi connectivity index (χ0v) is 7.35. The average Bonchev–Trinajstić information content (AvgIpc) is 2.29. The lowest BCUT2D eigenvalue weighted by Gasteiger charge is -1.88. The molecule has 1 rings (SSSR count). The van der Waals surface area contributed by atoms with Gasteiger partial charge in [-0.2, -0.15) is 4.68 Å².